The number of rotatable bonds is 4. The van der Waals surface area contributed by atoms with Crippen LogP contribution in [-0.2, 0) is 4.79 Å². The van der Waals surface area contributed by atoms with Gasteiger partial charge in [-0.3, -0.25) is 4.79 Å². The summed E-state index contributed by atoms with van der Waals surface area (Å²) in [5, 5.41) is 8.48. The number of aliphatic carboxylic acids is 1. The van der Waals surface area contributed by atoms with E-state index in [2.05, 4.69) is 6.58 Å². The first kappa shape index (κ1) is 9.95. The van der Waals surface area contributed by atoms with E-state index in [0.717, 1.165) is 5.57 Å². The second-order valence-electron chi connectivity index (χ2n) is 2.58. The standard InChI is InChI=1S/C9H14O2/c1-4-5-8(7(2)3)6-9(10)11/h4-5,8H,2,6H2,1,3H3,(H,10,11)/b5-4+. The summed E-state index contributed by atoms with van der Waals surface area (Å²) in [5.41, 5.74) is 0.894. The van der Waals surface area contributed by atoms with Gasteiger partial charge in [0.25, 0.3) is 0 Å². The average molecular weight is 154 g/mol. The van der Waals surface area contributed by atoms with Gasteiger partial charge < -0.3 is 5.11 Å². The van der Waals surface area contributed by atoms with Crippen LogP contribution in [-0.4, -0.2) is 11.1 Å². The summed E-state index contributed by atoms with van der Waals surface area (Å²) in [7, 11) is 0. The molecule has 0 saturated heterocycles. The van der Waals surface area contributed by atoms with Crippen molar-refractivity contribution < 1.29 is 9.90 Å². The molecule has 2 nitrogen and oxygen atoms in total. The van der Waals surface area contributed by atoms with Gasteiger partial charge in [0.1, 0.15) is 0 Å². The van der Waals surface area contributed by atoms with Crippen LogP contribution in [0.3, 0.4) is 0 Å². The molecule has 0 fully saturated rings. The second-order valence-corrected chi connectivity index (χ2v) is 2.58. The fourth-order valence-electron chi connectivity index (χ4n) is 0.827. The van der Waals surface area contributed by atoms with Crippen molar-refractivity contribution >= 4 is 5.97 Å². The predicted octanol–water partition coefficient (Wildman–Crippen LogP) is 2.23. The molecular weight excluding hydrogens is 140 g/mol. The number of hydrogen-bond donors (Lipinski definition) is 1. The van der Waals surface area contributed by atoms with Crippen LogP contribution in [0.15, 0.2) is 24.3 Å². The van der Waals surface area contributed by atoms with Gasteiger partial charge in [-0.25, -0.2) is 0 Å². The molecule has 0 heterocycles. The minimum atomic E-state index is -0.781. The van der Waals surface area contributed by atoms with E-state index >= 15 is 0 Å². The van der Waals surface area contributed by atoms with E-state index in [1.807, 2.05) is 26.0 Å². The zero-order valence-corrected chi connectivity index (χ0v) is 7.00. The minimum absolute atomic E-state index is 0.0162. The third-order valence-electron chi connectivity index (χ3n) is 1.45. The normalized spacial score (nSPS) is 13.3. The molecule has 2 heteroatoms. The first-order chi connectivity index (χ1) is 5.07. The Morgan fingerprint density at radius 2 is 2.27 bits per heavy atom. The van der Waals surface area contributed by atoms with E-state index < -0.39 is 5.97 Å². The van der Waals surface area contributed by atoms with Crippen LogP contribution in [0.4, 0.5) is 0 Å². The maximum absolute atomic E-state index is 10.3. The fourth-order valence-corrected chi connectivity index (χ4v) is 0.827. The van der Waals surface area contributed by atoms with Crippen molar-refractivity contribution in [2.75, 3.05) is 0 Å². The molecule has 0 rings (SSSR count). The zero-order valence-electron chi connectivity index (χ0n) is 7.00. The van der Waals surface area contributed by atoms with Gasteiger partial charge in [0.15, 0.2) is 0 Å². The first-order valence-corrected chi connectivity index (χ1v) is 3.58. The van der Waals surface area contributed by atoms with E-state index in [4.69, 9.17) is 5.11 Å². The van der Waals surface area contributed by atoms with Gasteiger partial charge in [-0.2, -0.15) is 0 Å². The number of carboxylic acids is 1. The summed E-state index contributed by atoms with van der Waals surface area (Å²) in [5.74, 6) is -0.798. The highest BCUT2D eigenvalue weighted by Crippen LogP contribution is 2.14. The van der Waals surface area contributed by atoms with Crippen LogP contribution in [0, 0.1) is 5.92 Å². The lowest BCUT2D eigenvalue weighted by atomic mass is 9.98. The van der Waals surface area contributed by atoms with Gasteiger partial charge in [-0.05, 0) is 13.8 Å². The largest absolute Gasteiger partial charge is 0.481 e. The molecule has 0 aromatic rings. The lowest BCUT2D eigenvalue weighted by molar-refractivity contribution is -0.137. The van der Waals surface area contributed by atoms with Crippen LogP contribution in [0.25, 0.3) is 0 Å². The molecule has 62 valence electrons. The average Bonchev–Trinajstić information content (AvgIpc) is 1.86. The quantitative estimate of drug-likeness (QED) is 0.630. The zero-order chi connectivity index (χ0) is 8.85. The summed E-state index contributed by atoms with van der Waals surface area (Å²) in [6.45, 7) is 7.43. The molecule has 1 atom stereocenters. The molecule has 0 aliphatic heterocycles. The van der Waals surface area contributed by atoms with Crippen molar-refractivity contribution in [2.24, 2.45) is 5.92 Å². The van der Waals surface area contributed by atoms with Crippen molar-refractivity contribution in [3.8, 4) is 0 Å². The summed E-state index contributed by atoms with van der Waals surface area (Å²) in [6.07, 6.45) is 3.85. The third kappa shape index (κ3) is 4.37. The number of carboxylic acid groups (broad SMARTS) is 1. The number of allylic oxidation sites excluding steroid dienone is 3. The first-order valence-electron chi connectivity index (χ1n) is 3.58. The molecule has 0 aliphatic rings. The van der Waals surface area contributed by atoms with E-state index in [1.165, 1.54) is 0 Å². The minimum Gasteiger partial charge on any atom is -0.481 e. The van der Waals surface area contributed by atoms with E-state index in [9.17, 15) is 4.79 Å². The predicted molar refractivity (Wildman–Crippen MR) is 45.4 cm³/mol. The van der Waals surface area contributed by atoms with E-state index in [1.54, 1.807) is 0 Å². The number of hydrogen-bond acceptors (Lipinski definition) is 1. The highest BCUT2D eigenvalue weighted by atomic mass is 16.4. The van der Waals surface area contributed by atoms with Crippen LogP contribution >= 0.6 is 0 Å². The van der Waals surface area contributed by atoms with Crippen LogP contribution in [0.5, 0.6) is 0 Å². The Morgan fingerprint density at radius 1 is 1.73 bits per heavy atom. The van der Waals surface area contributed by atoms with Gasteiger partial charge >= 0.3 is 5.97 Å². The van der Waals surface area contributed by atoms with Crippen molar-refractivity contribution in [1.82, 2.24) is 0 Å². The Labute approximate surface area is 67.2 Å². The van der Waals surface area contributed by atoms with Crippen molar-refractivity contribution in [3.63, 3.8) is 0 Å². The maximum atomic E-state index is 10.3. The Morgan fingerprint density at radius 3 is 2.55 bits per heavy atom. The summed E-state index contributed by atoms with van der Waals surface area (Å²) < 4.78 is 0. The van der Waals surface area contributed by atoms with E-state index in [-0.39, 0.29) is 12.3 Å². The molecule has 0 aromatic heterocycles. The molecule has 0 bridgehead atoms. The molecule has 1 N–H and O–H groups in total. The smallest absolute Gasteiger partial charge is 0.304 e. The fraction of sp³-hybridized carbons (Fsp3) is 0.444. The van der Waals surface area contributed by atoms with Crippen LogP contribution in [0.2, 0.25) is 0 Å². The highest BCUT2D eigenvalue weighted by molar-refractivity contribution is 5.67. The molecule has 0 radical (unpaired) electrons. The molecular formula is C9H14O2. The van der Waals surface area contributed by atoms with Gasteiger partial charge in [-0.1, -0.05) is 24.3 Å². The Balaban J connectivity index is 4.11. The molecule has 0 aliphatic carbocycles. The van der Waals surface area contributed by atoms with Gasteiger partial charge in [0.05, 0.1) is 6.42 Å². The molecule has 0 aromatic carbocycles. The molecule has 0 spiro atoms. The third-order valence-corrected chi connectivity index (χ3v) is 1.45. The highest BCUT2D eigenvalue weighted by Gasteiger charge is 2.09. The number of carbonyl (C=O) groups is 1. The topological polar surface area (TPSA) is 37.3 Å². The van der Waals surface area contributed by atoms with Gasteiger partial charge in [0, 0.05) is 5.92 Å². The van der Waals surface area contributed by atoms with Crippen molar-refractivity contribution in [3.05, 3.63) is 24.3 Å². The lowest BCUT2D eigenvalue weighted by Crippen LogP contribution is -2.05. The summed E-state index contributed by atoms with van der Waals surface area (Å²) in [6, 6.07) is 0. The Bertz CT molecular complexity index is 180. The van der Waals surface area contributed by atoms with Gasteiger partial charge in [-0.15, -0.1) is 0 Å². The second kappa shape index (κ2) is 4.72. The van der Waals surface area contributed by atoms with Crippen LogP contribution in [0.1, 0.15) is 20.3 Å². The molecule has 0 amide bonds. The van der Waals surface area contributed by atoms with Crippen molar-refractivity contribution in [1.29, 1.82) is 0 Å². The lowest BCUT2D eigenvalue weighted by Gasteiger charge is -2.08. The Kier molecular flexibility index (Phi) is 4.27. The van der Waals surface area contributed by atoms with E-state index in [0.29, 0.717) is 0 Å². The SMILES string of the molecule is C=C(C)C(/C=C/C)CC(=O)O. The van der Waals surface area contributed by atoms with Crippen LogP contribution < -0.4 is 0 Å². The van der Waals surface area contributed by atoms with Crippen molar-refractivity contribution in [2.45, 2.75) is 20.3 Å². The maximum Gasteiger partial charge on any atom is 0.304 e. The Hall–Kier alpha value is -1.05. The molecule has 0 saturated carbocycles. The molecule has 1 unspecified atom stereocenters. The summed E-state index contributed by atoms with van der Waals surface area (Å²) in [4.78, 5) is 10.3. The van der Waals surface area contributed by atoms with Gasteiger partial charge in [0.2, 0.25) is 0 Å². The monoisotopic (exact) mass is 154 g/mol. The molecule has 11 heavy (non-hydrogen) atoms. The summed E-state index contributed by atoms with van der Waals surface area (Å²) >= 11 is 0.